The van der Waals surface area contributed by atoms with E-state index in [0.717, 1.165) is 29.4 Å². The highest BCUT2D eigenvalue weighted by atomic mass is 32.1. The number of nitrogens with zero attached hydrogens (tertiary/aromatic N) is 2. The normalized spacial score (nSPS) is 12.1. The molecule has 0 spiro atoms. The van der Waals surface area contributed by atoms with Gasteiger partial charge in [0.05, 0.1) is 10.2 Å². The number of halogens is 2. The molecule has 1 aromatic heterocycles. The Hall–Kier alpha value is -2.34. The van der Waals surface area contributed by atoms with Crippen LogP contribution in [0.3, 0.4) is 0 Å². The van der Waals surface area contributed by atoms with Gasteiger partial charge >= 0.3 is 0 Å². The van der Waals surface area contributed by atoms with Crippen molar-refractivity contribution in [1.82, 2.24) is 4.57 Å². The lowest BCUT2D eigenvalue weighted by Gasteiger charge is -2.03. The summed E-state index contributed by atoms with van der Waals surface area (Å²) in [5, 5.41) is 0. The summed E-state index contributed by atoms with van der Waals surface area (Å²) in [6, 6.07) is 9.25. The second kappa shape index (κ2) is 6.65. The first-order valence-electron chi connectivity index (χ1n) is 7.63. The molecule has 0 N–H and O–H groups in total. The molecule has 1 heterocycles. The van der Waals surface area contributed by atoms with Gasteiger partial charge in [0.25, 0.3) is 5.91 Å². The summed E-state index contributed by atoms with van der Waals surface area (Å²) in [6.07, 6.45) is 0.745. The van der Waals surface area contributed by atoms with Crippen LogP contribution in [0, 0.1) is 18.6 Å². The number of thiazole rings is 1. The maximum absolute atomic E-state index is 14.2. The SMILES string of the molecule is CCCn1c(=NC(=O)c2cccc(C)c2)sc2cc(F)cc(F)c21. The average Bonchev–Trinajstić information content (AvgIpc) is 2.85. The fraction of sp³-hybridized carbons (Fsp3) is 0.222. The Morgan fingerprint density at radius 1 is 1.25 bits per heavy atom. The number of carbonyl (C=O) groups is 1. The molecule has 0 unspecified atom stereocenters. The molecule has 0 aliphatic rings. The molecular weight excluding hydrogens is 330 g/mol. The van der Waals surface area contributed by atoms with E-state index in [0.29, 0.717) is 27.1 Å². The van der Waals surface area contributed by atoms with E-state index in [1.807, 2.05) is 19.9 Å². The zero-order valence-electron chi connectivity index (χ0n) is 13.3. The number of aromatic nitrogens is 1. The molecule has 0 aliphatic heterocycles. The average molecular weight is 346 g/mol. The summed E-state index contributed by atoms with van der Waals surface area (Å²) in [5.74, 6) is -1.67. The molecule has 1 amide bonds. The van der Waals surface area contributed by atoms with Gasteiger partial charge in [0.2, 0.25) is 0 Å². The van der Waals surface area contributed by atoms with Crippen LogP contribution in [0.15, 0.2) is 41.4 Å². The summed E-state index contributed by atoms with van der Waals surface area (Å²) in [4.78, 5) is 16.9. The summed E-state index contributed by atoms with van der Waals surface area (Å²) in [6.45, 7) is 4.35. The minimum atomic E-state index is -0.640. The summed E-state index contributed by atoms with van der Waals surface area (Å²) >= 11 is 1.11. The first-order valence-corrected chi connectivity index (χ1v) is 8.45. The van der Waals surface area contributed by atoms with Crippen molar-refractivity contribution in [3.8, 4) is 0 Å². The van der Waals surface area contributed by atoms with Crippen molar-refractivity contribution in [2.45, 2.75) is 26.8 Å². The largest absolute Gasteiger partial charge is 0.314 e. The van der Waals surface area contributed by atoms with Crippen molar-refractivity contribution >= 4 is 27.5 Å². The number of carbonyl (C=O) groups excluding carboxylic acids is 1. The molecule has 6 heteroatoms. The molecule has 3 aromatic rings. The van der Waals surface area contributed by atoms with Crippen molar-refractivity contribution in [3.05, 3.63) is 64.0 Å². The molecule has 0 saturated heterocycles. The van der Waals surface area contributed by atoms with Crippen molar-refractivity contribution in [3.63, 3.8) is 0 Å². The molecule has 3 rings (SSSR count). The van der Waals surface area contributed by atoms with E-state index in [9.17, 15) is 13.6 Å². The second-order valence-corrected chi connectivity index (χ2v) is 6.57. The molecule has 0 saturated carbocycles. The van der Waals surface area contributed by atoms with Gasteiger partial charge in [-0.25, -0.2) is 8.78 Å². The molecule has 24 heavy (non-hydrogen) atoms. The molecule has 0 bridgehead atoms. The zero-order chi connectivity index (χ0) is 17.3. The minimum absolute atomic E-state index is 0.291. The van der Waals surface area contributed by atoms with Crippen molar-refractivity contribution in [2.24, 2.45) is 4.99 Å². The Morgan fingerprint density at radius 3 is 2.75 bits per heavy atom. The highest BCUT2D eigenvalue weighted by Crippen LogP contribution is 2.22. The van der Waals surface area contributed by atoms with Gasteiger partial charge in [-0.3, -0.25) is 4.79 Å². The fourth-order valence-corrected chi connectivity index (χ4v) is 3.67. The first-order chi connectivity index (χ1) is 11.5. The molecule has 0 atom stereocenters. The Balaban J connectivity index is 2.19. The van der Waals surface area contributed by atoms with Gasteiger partial charge in [0.15, 0.2) is 10.6 Å². The number of amides is 1. The highest BCUT2D eigenvalue weighted by Gasteiger charge is 2.14. The quantitative estimate of drug-likeness (QED) is 0.690. The van der Waals surface area contributed by atoms with E-state index >= 15 is 0 Å². The van der Waals surface area contributed by atoms with Crippen molar-refractivity contribution in [2.75, 3.05) is 0 Å². The van der Waals surface area contributed by atoms with Crippen molar-refractivity contribution < 1.29 is 13.6 Å². The van der Waals surface area contributed by atoms with E-state index in [1.54, 1.807) is 22.8 Å². The number of hydrogen-bond acceptors (Lipinski definition) is 2. The second-order valence-electron chi connectivity index (χ2n) is 5.56. The Labute approximate surface area is 141 Å². The van der Waals surface area contributed by atoms with Gasteiger partial charge in [-0.2, -0.15) is 4.99 Å². The number of rotatable bonds is 3. The summed E-state index contributed by atoms with van der Waals surface area (Å²) in [7, 11) is 0. The summed E-state index contributed by atoms with van der Waals surface area (Å²) < 4.78 is 29.7. The molecule has 0 fully saturated rings. The lowest BCUT2D eigenvalue weighted by Crippen LogP contribution is -2.17. The lowest BCUT2D eigenvalue weighted by molar-refractivity contribution is 0.0997. The highest BCUT2D eigenvalue weighted by molar-refractivity contribution is 7.16. The smallest absolute Gasteiger partial charge is 0.279 e. The molecule has 124 valence electrons. The van der Waals surface area contributed by atoms with Crippen LogP contribution in [0.2, 0.25) is 0 Å². The van der Waals surface area contributed by atoms with Crippen LogP contribution in [0.5, 0.6) is 0 Å². The number of hydrogen-bond donors (Lipinski definition) is 0. The van der Waals surface area contributed by atoms with E-state index in [2.05, 4.69) is 4.99 Å². The van der Waals surface area contributed by atoms with Crippen LogP contribution in [-0.2, 0) is 6.54 Å². The van der Waals surface area contributed by atoms with Crippen LogP contribution < -0.4 is 4.80 Å². The number of benzene rings is 2. The van der Waals surface area contributed by atoms with E-state index in [1.165, 1.54) is 6.07 Å². The standard InChI is InChI=1S/C18H16F2N2OS/c1-3-7-22-16-14(20)9-13(19)10-15(16)24-18(22)21-17(23)12-6-4-5-11(2)8-12/h4-6,8-10H,3,7H2,1-2H3. The van der Waals surface area contributed by atoms with Gasteiger partial charge in [0, 0.05) is 18.2 Å². The van der Waals surface area contributed by atoms with E-state index < -0.39 is 17.5 Å². The molecule has 2 aromatic carbocycles. The topological polar surface area (TPSA) is 34.4 Å². The number of fused-ring (bicyclic) bond motifs is 1. The maximum Gasteiger partial charge on any atom is 0.279 e. The monoisotopic (exact) mass is 346 g/mol. The van der Waals surface area contributed by atoms with Gasteiger partial charge in [-0.1, -0.05) is 36.0 Å². The Bertz CT molecular complexity index is 988. The number of aryl methyl sites for hydroxylation is 2. The zero-order valence-corrected chi connectivity index (χ0v) is 14.2. The van der Waals surface area contributed by atoms with Gasteiger partial charge in [-0.05, 0) is 31.5 Å². The third kappa shape index (κ3) is 3.14. The third-order valence-corrected chi connectivity index (χ3v) is 4.63. The fourth-order valence-electron chi connectivity index (χ4n) is 2.57. The maximum atomic E-state index is 14.2. The molecule has 3 nitrogen and oxygen atoms in total. The van der Waals surface area contributed by atoms with Gasteiger partial charge in [-0.15, -0.1) is 0 Å². The first kappa shape index (κ1) is 16.5. The molecule has 0 aliphatic carbocycles. The molecular formula is C18H16F2N2OS. The Kier molecular flexibility index (Phi) is 4.57. The van der Waals surface area contributed by atoms with Crippen LogP contribution in [-0.4, -0.2) is 10.5 Å². The van der Waals surface area contributed by atoms with E-state index in [4.69, 9.17) is 0 Å². The Morgan fingerprint density at radius 2 is 2.04 bits per heavy atom. The van der Waals surface area contributed by atoms with Crippen molar-refractivity contribution in [1.29, 1.82) is 0 Å². The molecule has 0 radical (unpaired) electrons. The lowest BCUT2D eigenvalue weighted by atomic mass is 10.1. The van der Waals surface area contributed by atoms with Crippen LogP contribution in [0.25, 0.3) is 10.2 Å². The summed E-state index contributed by atoms with van der Waals surface area (Å²) in [5.41, 5.74) is 1.73. The predicted octanol–water partition coefficient (Wildman–Crippen LogP) is 4.44. The van der Waals surface area contributed by atoms with Gasteiger partial charge < -0.3 is 4.57 Å². The van der Waals surface area contributed by atoms with Crippen LogP contribution in [0.1, 0.15) is 29.3 Å². The van der Waals surface area contributed by atoms with Crippen LogP contribution in [0.4, 0.5) is 8.78 Å². The van der Waals surface area contributed by atoms with Gasteiger partial charge in [0.1, 0.15) is 5.82 Å². The third-order valence-electron chi connectivity index (χ3n) is 3.60. The predicted molar refractivity (Wildman–Crippen MR) is 91.1 cm³/mol. The van der Waals surface area contributed by atoms with Crippen LogP contribution >= 0.6 is 11.3 Å². The van der Waals surface area contributed by atoms with E-state index in [-0.39, 0.29) is 0 Å². The minimum Gasteiger partial charge on any atom is -0.314 e.